The van der Waals surface area contributed by atoms with E-state index in [4.69, 9.17) is 16.3 Å². The second-order valence-corrected chi connectivity index (χ2v) is 5.03. The molecule has 94 valence electrons. The quantitative estimate of drug-likeness (QED) is 0.806. The van der Waals surface area contributed by atoms with Gasteiger partial charge in [-0.05, 0) is 19.8 Å². The number of hydrogen-bond acceptors (Lipinski definition) is 4. The molecule has 0 spiro atoms. The molecule has 1 aromatic rings. The van der Waals surface area contributed by atoms with Gasteiger partial charge in [0.05, 0.1) is 24.9 Å². The summed E-state index contributed by atoms with van der Waals surface area (Å²) in [6, 6.07) is 0.408. The van der Waals surface area contributed by atoms with Gasteiger partial charge in [-0.25, -0.2) is 4.79 Å². The molecule has 1 aliphatic rings. The number of esters is 1. The molecule has 0 radical (unpaired) electrons. The number of methoxy groups -OCH3 is 1. The van der Waals surface area contributed by atoms with Crippen LogP contribution in [0.25, 0.3) is 0 Å². The Morgan fingerprint density at radius 3 is 2.94 bits per heavy atom. The summed E-state index contributed by atoms with van der Waals surface area (Å²) in [4.78, 5) is 11.8. The first-order chi connectivity index (χ1) is 8.03. The Kier molecular flexibility index (Phi) is 3.40. The average Bonchev–Trinajstić information content (AvgIpc) is 3.00. The number of rotatable bonds is 5. The first kappa shape index (κ1) is 12.4. The van der Waals surface area contributed by atoms with Crippen molar-refractivity contribution in [3.05, 3.63) is 17.4 Å². The molecule has 0 aromatic carbocycles. The topological polar surface area (TPSA) is 56.2 Å². The zero-order valence-corrected chi connectivity index (χ0v) is 10.7. The summed E-state index contributed by atoms with van der Waals surface area (Å²) in [5.74, 6) is -0.281. The van der Waals surface area contributed by atoms with Crippen LogP contribution in [0.2, 0.25) is 5.02 Å². The van der Waals surface area contributed by atoms with Gasteiger partial charge in [-0.3, -0.25) is 10.00 Å². The molecule has 1 saturated carbocycles. The molecule has 0 amide bonds. The molecule has 6 heteroatoms. The highest BCUT2D eigenvalue weighted by Gasteiger charge is 2.40. The lowest BCUT2D eigenvalue weighted by molar-refractivity contribution is -0.148. The number of nitrogens with zero attached hydrogens (tertiary/aromatic N) is 2. The summed E-state index contributed by atoms with van der Waals surface area (Å²) in [5.41, 5.74) is -0.759. The third-order valence-electron chi connectivity index (χ3n) is 2.82. The van der Waals surface area contributed by atoms with Gasteiger partial charge in [0.25, 0.3) is 0 Å². The fourth-order valence-corrected chi connectivity index (χ4v) is 1.98. The molecular weight excluding hydrogens is 242 g/mol. The smallest absolute Gasteiger partial charge is 0.327 e. The Morgan fingerprint density at radius 1 is 1.76 bits per heavy atom. The SMILES string of the molecule is COC(=O)C(C)(Cn1cc(Cl)cn1)NC1CC1. The monoisotopic (exact) mass is 257 g/mol. The van der Waals surface area contributed by atoms with Crippen LogP contribution < -0.4 is 5.32 Å². The minimum Gasteiger partial charge on any atom is -0.468 e. The van der Waals surface area contributed by atoms with Gasteiger partial charge in [0.1, 0.15) is 5.54 Å². The normalized spacial score (nSPS) is 18.8. The first-order valence-electron chi connectivity index (χ1n) is 5.57. The fourth-order valence-electron chi connectivity index (χ4n) is 1.82. The molecule has 1 aliphatic carbocycles. The molecular formula is C11H16ClN3O2. The summed E-state index contributed by atoms with van der Waals surface area (Å²) in [6.07, 6.45) is 5.45. The summed E-state index contributed by atoms with van der Waals surface area (Å²) in [7, 11) is 1.39. The number of carbonyl (C=O) groups excluding carboxylic acids is 1. The molecule has 1 atom stereocenters. The van der Waals surface area contributed by atoms with Crippen LogP contribution >= 0.6 is 11.6 Å². The maximum Gasteiger partial charge on any atom is 0.327 e. The van der Waals surface area contributed by atoms with Gasteiger partial charge in [-0.2, -0.15) is 5.10 Å². The van der Waals surface area contributed by atoms with Crippen molar-refractivity contribution in [2.75, 3.05) is 7.11 Å². The number of aromatic nitrogens is 2. The largest absolute Gasteiger partial charge is 0.468 e. The average molecular weight is 258 g/mol. The van der Waals surface area contributed by atoms with Crippen LogP contribution in [0.15, 0.2) is 12.4 Å². The highest BCUT2D eigenvalue weighted by atomic mass is 35.5. The summed E-state index contributed by atoms with van der Waals surface area (Å²) >= 11 is 5.80. The van der Waals surface area contributed by atoms with Crippen LogP contribution in [0.4, 0.5) is 0 Å². The lowest BCUT2D eigenvalue weighted by Gasteiger charge is -2.27. The number of ether oxygens (including phenoxy) is 1. The van der Waals surface area contributed by atoms with Crippen molar-refractivity contribution in [2.45, 2.75) is 37.9 Å². The Balaban J connectivity index is 2.11. The van der Waals surface area contributed by atoms with Crippen molar-refractivity contribution in [1.29, 1.82) is 0 Å². The lowest BCUT2D eigenvalue weighted by atomic mass is 10.0. The van der Waals surface area contributed by atoms with Crippen molar-refractivity contribution in [2.24, 2.45) is 0 Å². The lowest BCUT2D eigenvalue weighted by Crippen LogP contribution is -2.54. The van der Waals surface area contributed by atoms with E-state index in [2.05, 4.69) is 10.4 Å². The van der Waals surface area contributed by atoms with Crippen LogP contribution in [0.3, 0.4) is 0 Å². The molecule has 1 aromatic heterocycles. The van der Waals surface area contributed by atoms with Gasteiger partial charge in [0, 0.05) is 12.2 Å². The van der Waals surface area contributed by atoms with Crippen LogP contribution in [-0.4, -0.2) is 34.4 Å². The van der Waals surface area contributed by atoms with Crippen LogP contribution in [-0.2, 0) is 16.1 Å². The molecule has 1 heterocycles. The maximum absolute atomic E-state index is 11.8. The van der Waals surface area contributed by atoms with Crippen molar-refractivity contribution in [3.8, 4) is 0 Å². The summed E-state index contributed by atoms with van der Waals surface area (Å²) < 4.78 is 6.49. The van der Waals surface area contributed by atoms with Crippen molar-refractivity contribution in [3.63, 3.8) is 0 Å². The number of nitrogens with one attached hydrogen (secondary N) is 1. The highest BCUT2D eigenvalue weighted by Crippen LogP contribution is 2.24. The van der Waals surface area contributed by atoms with Crippen LogP contribution in [0, 0.1) is 0 Å². The van der Waals surface area contributed by atoms with E-state index in [0.29, 0.717) is 17.6 Å². The van der Waals surface area contributed by atoms with E-state index < -0.39 is 5.54 Å². The van der Waals surface area contributed by atoms with E-state index in [1.54, 1.807) is 17.1 Å². The molecule has 0 bridgehead atoms. The third kappa shape index (κ3) is 2.98. The zero-order valence-electron chi connectivity index (χ0n) is 9.94. The Morgan fingerprint density at radius 2 is 2.47 bits per heavy atom. The molecule has 17 heavy (non-hydrogen) atoms. The Labute approximate surface area is 105 Å². The molecule has 2 rings (SSSR count). The maximum atomic E-state index is 11.8. The Bertz CT molecular complexity index is 417. The molecule has 1 N–H and O–H groups in total. The van der Waals surface area contributed by atoms with Gasteiger partial charge in [-0.15, -0.1) is 0 Å². The van der Waals surface area contributed by atoms with E-state index in [9.17, 15) is 4.79 Å². The Hall–Kier alpha value is -1.07. The van der Waals surface area contributed by atoms with Gasteiger partial charge in [0.15, 0.2) is 0 Å². The first-order valence-corrected chi connectivity index (χ1v) is 5.95. The second-order valence-electron chi connectivity index (χ2n) is 4.60. The molecule has 0 saturated heterocycles. The van der Waals surface area contributed by atoms with Crippen LogP contribution in [0.5, 0.6) is 0 Å². The van der Waals surface area contributed by atoms with E-state index in [1.807, 2.05) is 6.92 Å². The second kappa shape index (κ2) is 4.66. The fraction of sp³-hybridized carbons (Fsp3) is 0.636. The number of hydrogen-bond donors (Lipinski definition) is 1. The molecule has 1 unspecified atom stereocenters. The third-order valence-corrected chi connectivity index (χ3v) is 3.01. The van der Waals surface area contributed by atoms with Crippen molar-refractivity contribution < 1.29 is 9.53 Å². The molecule has 1 fully saturated rings. The van der Waals surface area contributed by atoms with Crippen molar-refractivity contribution >= 4 is 17.6 Å². The van der Waals surface area contributed by atoms with E-state index >= 15 is 0 Å². The summed E-state index contributed by atoms with van der Waals surface area (Å²) in [6.45, 7) is 2.23. The molecule has 0 aliphatic heterocycles. The standard InChI is InChI=1S/C11H16ClN3O2/c1-11(10(16)17-2,14-9-3-4-9)7-15-6-8(12)5-13-15/h5-6,9,14H,3-4,7H2,1-2H3. The van der Waals surface area contributed by atoms with E-state index in [1.165, 1.54) is 7.11 Å². The number of carbonyl (C=O) groups is 1. The van der Waals surface area contributed by atoms with Crippen LogP contribution in [0.1, 0.15) is 19.8 Å². The minimum absolute atomic E-state index is 0.281. The van der Waals surface area contributed by atoms with E-state index in [-0.39, 0.29) is 5.97 Å². The highest BCUT2D eigenvalue weighted by molar-refractivity contribution is 6.30. The van der Waals surface area contributed by atoms with Gasteiger partial charge < -0.3 is 4.74 Å². The molecule has 5 nitrogen and oxygen atoms in total. The van der Waals surface area contributed by atoms with Gasteiger partial charge >= 0.3 is 5.97 Å². The van der Waals surface area contributed by atoms with Gasteiger partial charge in [0.2, 0.25) is 0 Å². The predicted octanol–water partition coefficient (Wildman–Crippen LogP) is 1.22. The minimum atomic E-state index is -0.759. The van der Waals surface area contributed by atoms with Crippen molar-refractivity contribution in [1.82, 2.24) is 15.1 Å². The van der Waals surface area contributed by atoms with Gasteiger partial charge in [-0.1, -0.05) is 11.6 Å². The predicted molar refractivity (Wildman–Crippen MR) is 63.8 cm³/mol. The zero-order chi connectivity index (χ0) is 12.5. The van der Waals surface area contributed by atoms with E-state index in [0.717, 1.165) is 12.8 Å². The summed E-state index contributed by atoms with van der Waals surface area (Å²) in [5, 5.41) is 7.94. The number of halogens is 1.